The van der Waals surface area contributed by atoms with Gasteiger partial charge in [-0.05, 0) is 60.8 Å². The lowest BCUT2D eigenvalue weighted by Gasteiger charge is -2.17. The van der Waals surface area contributed by atoms with Crippen LogP contribution in [0.5, 0.6) is 0 Å². The van der Waals surface area contributed by atoms with Gasteiger partial charge in [0.2, 0.25) is 0 Å². The third-order valence-electron chi connectivity index (χ3n) is 3.86. The molecule has 19 heavy (non-hydrogen) atoms. The van der Waals surface area contributed by atoms with Crippen molar-refractivity contribution in [1.29, 1.82) is 0 Å². The van der Waals surface area contributed by atoms with E-state index in [0.29, 0.717) is 6.04 Å². The molecule has 0 spiro atoms. The first kappa shape index (κ1) is 14.9. The summed E-state index contributed by atoms with van der Waals surface area (Å²) in [5.74, 6) is 4.31. The van der Waals surface area contributed by atoms with E-state index in [1.54, 1.807) is 0 Å². The molecule has 0 radical (unpaired) electrons. The van der Waals surface area contributed by atoms with Gasteiger partial charge in [-0.1, -0.05) is 38.1 Å². The number of hydrogen-bond donors (Lipinski definition) is 1. The predicted molar refractivity (Wildman–Crippen MR) is 86.8 cm³/mol. The molecule has 106 valence electrons. The van der Waals surface area contributed by atoms with Gasteiger partial charge in [0, 0.05) is 6.04 Å². The average molecular weight is 277 g/mol. The zero-order valence-corrected chi connectivity index (χ0v) is 13.3. The van der Waals surface area contributed by atoms with E-state index in [1.807, 2.05) is 0 Å². The lowest BCUT2D eigenvalue weighted by Crippen LogP contribution is -2.25. The summed E-state index contributed by atoms with van der Waals surface area (Å²) >= 11 is 2.10. The molecule has 1 aliphatic heterocycles. The van der Waals surface area contributed by atoms with Crippen molar-refractivity contribution in [3.8, 4) is 0 Å². The van der Waals surface area contributed by atoms with E-state index in [2.05, 4.69) is 62.1 Å². The van der Waals surface area contributed by atoms with Crippen molar-refractivity contribution in [3.05, 3.63) is 35.4 Å². The molecule has 2 atom stereocenters. The fourth-order valence-corrected chi connectivity index (χ4v) is 3.90. The molecule has 1 nitrogen and oxygen atoms in total. The summed E-state index contributed by atoms with van der Waals surface area (Å²) in [6, 6.07) is 9.63. The summed E-state index contributed by atoms with van der Waals surface area (Å²) < 4.78 is 0. The van der Waals surface area contributed by atoms with Gasteiger partial charge < -0.3 is 5.32 Å². The first-order valence-corrected chi connectivity index (χ1v) is 8.70. The summed E-state index contributed by atoms with van der Waals surface area (Å²) in [7, 11) is 0. The zero-order valence-electron chi connectivity index (χ0n) is 12.5. The van der Waals surface area contributed by atoms with Gasteiger partial charge in [0.25, 0.3) is 0 Å². The normalized spacial score (nSPS) is 20.9. The number of hydrogen-bond acceptors (Lipinski definition) is 2. The van der Waals surface area contributed by atoms with Gasteiger partial charge in [0.1, 0.15) is 0 Å². The van der Waals surface area contributed by atoms with Crippen molar-refractivity contribution >= 4 is 11.8 Å². The van der Waals surface area contributed by atoms with Crippen LogP contribution in [-0.4, -0.2) is 18.1 Å². The summed E-state index contributed by atoms with van der Waals surface area (Å²) in [4.78, 5) is 0. The molecule has 0 amide bonds. The molecule has 2 unspecified atom stereocenters. The molecule has 1 fully saturated rings. The highest BCUT2D eigenvalue weighted by atomic mass is 32.2. The average Bonchev–Trinajstić information content (AvgIpc) is 2.89. The smallest absolute Gasteiger partial charge is 0.0291 e. The first-order valence-electron chi connectivity index (χ1n) is 7.55. The van der Waals surface area contributed by atoms with E-state index in [4.69, 9.17) is 0 Å². The maximum Gasteiger partial charge on any atom is 0.0291 e. The van der Waals surface area contributed by atoms with Crippen molar-refractivity contribution in [2.45, 2.75) is 39.7 Å². The van der Waals surface area contributed by atoms with E-state index < -0.39 is 0 Å². The molecular formula is C17H27NS. The third kappa shape index (κ3) is 4.85. The minimum absolute atomic E-state index is 0.471. The van der Waals surface area contributed by atoms with Crippen molar-refractivity contribution < 1.29 is 0 Å². The van der Waals surface area contributed by atoms with Gasteiger partial charge in [-0.25, -0.2) is 0 Å². The molecule has 0 aromatic heterocycles. The second-order valence-corrected chi connectivity index (χ2v) is 7.35. The van der Waals surface area contributed by atoms with E-state index in [1.165, 1.54) is 42.0 Å². The highest BCUT2D eigenvalue weighted by molar-refractivity contribution is 7.99. The highest BCUT2D eigenvalue weighted by Crippen LogP contribution is 2.23. The molecule has 1 saturated heterocycles. The van der Waals surface area contributed by atoms with Gasteiger partial charge in [-0.15, -0.1) is 0 Å². The standard InChI is InChI=1S/C17H27NS/c1-13(2)10-15-4-6-17(7-5-15)14(3)18-11-16-8-9-19-12-16/h4-7,13-14,16,18H,8-12H2,1-3H3. The Kier molecular flexibility index (Phi) is 5.77. The fraction of sp³-hybridized carbons (Fsp3) is 0.647. The fourth-order valence-electron chi connectivity index (χ4n) is 2.62. The highest BCUT2D eigenvalue weighted by Gasteiger charge is 2.16. The molecule has 0 bridgehead atoms. The first-order chi connectivity index (χ1) is 9.15. The van der Waals surface area contributed by atoms with Crippen LogP contribution in [0.3, 0.4) is 0 Å². The van der Waals surface area contributed by atoms with Gasteiger partial charge in [-0.2, -0.15) is 11.8 Å². The van der Waals surface area contributed by atoms with E-state index in [0.717, 1.165) is 11.8 Å². The second-order valence-electron chi connectivity index (χ2n) is 6.20. The van der Waals surface area contributed by atoms with E-state index in [-0.39, 0.29) is 0 Å². The Morgan fingerprint density at radius 3 is 2.53 bits per heavy atom. The van der Waals surface area contributed by atoms with Gasteiger partial charge in [0.05, 0.1) is 0 Å². The van der Waals surface area contributed by atoms with Crippen LogP contribution in [0.15, 0.2) is 24.3 Å². The van der Waals surface area contributed by atoms with Crippen LogP contribution in [0.4, 0.5) is 0 Å². The molecular weight excluding hydrogens is 250 g/mol. The Bertz CT molecular complexity index is 365. The Morgan fingerprint density at radius 2 is 1.95 bits per heavy atom. The van der Waals surface area contributed by atoms with Crippen LogP contribution in [0.1, 0.15) is 44.4 Å². The van der Waals surface area contributed by atoms with Crippen LogP contribution < -0.4 is 5.32 Å². The molecule has 1 aromatic rings. The molecule has 1 N–H and O–H groups in total. The maximum atomic E-state index is 3.69. The minimum Gasteiger partial charge on any atom is -0.310 e. The summed E-state index contributed by atoms with van der Waals surface area (Å²) in [5.41, 5.74) is 2.87. The predicted octanol–water partition coefficient (Wildman–Crippen LogP) is 4.29. The number of thioether (sulfide) groups is 1. The van der Waals surface area contributed by atoms with Crippen molar-refractivity contribution in [3.63, 3.8) is 0 Å². The number of nitrogens with one attached hydrogen (secondary N) is 1. The SMILES string of the molecule is CC(C)Cc1ccc(C(C)NCC2CCSC2)cc1. The van der Waals surface area contributed by atoms with E-state index >= 15 is 0 Å². The number of benzene rings is 1. The van der Waals surface area contributed by atoms with Crippen LogP contribution >= 0.6 is 11.8 Å². The maximum absolute atomic E-state index is 3.69. The summed E-state index contributed by atoms with van der Waals surface area (Å²) in [6.45, 7) is 8.00. The van der Waals surface area contributed by atoms with Gasteiger partial charge in [0.15, 0.2) is 0 Å². The lowest BCUT2D eigenvalue weighted by atomic mass is 9.99. The van der Waals surface area contributed by atoms with Crippen LogP contribution in [0.25, 0.3) is 0 Å². The van der Waals surface area contributed by atoms with Gasteiger partial charge in [-0.3, -0.25) is 0 Å². The lowest BCUT2D eigenvalue weighted by molar-refractivity contribution is 0.477. The molecule has 0 saturated carbocycles. The minimum atomic E-state index is 0.471. The molecule has 1 aromatic carbocycles. The summed E-state index contributed by atoms with van der Waals surface area (Å²) in [5, 5.41) is 3.69. The van der Waals surface area contributed by atoms with Crippen LogP contribution in [0, 0.1) is 11.8 Å². The second kappa shape index (κ2) is 7.35. The quantitative estimate of drug-likeness (QED) is 0.832. The topological polar surface area (TPSA) is 12.0 Å². The van der Waals surface area contributed by atoms with E-state index in [9.17, 15) is 0 Å². The van der Waals surface area contributed by atoms with Crippen molar-refractivity contribution in [2.75, 3.05) is 18.1 Å². The van der Waals surface area contributed by atoms with Crippen LogP contribution in [0.2, 0.25) is 0 Å². The van der Waals surface area contributed by atoms with Crippen molar-refractivity contribution in [2.24, 2.45) is 11.8 Å². The largest absolute Gasteiger partial charge is 0.310 e. The third-order valence-corrected chi connectivity index (χ3v) is 5.09. The Labute approximate surface area is 122 Å². The molecule has 1 heterocycles. The molecule has 0 aliphatic carbocycles. The number of rotatable bonds is 6. The molecule has 2 heteroatoms. The summed E-state index contributed by atoms with van der Waals surface area (Å²) in [6.07, 6.45) is 2.57. The Hall–Kier alpha value is -0.470. The Balaban J connectivity index is 1.82. The monoisotopic (exact) mass is 277 g/mol. The van der Waals surface area contributed by atoms with Gasteiger partial charge >= 0.3 is 0 Å². The molecule has 1 aliphatic rings. The van der Waals surface area contributed by atoms with Crippen LogP contribution in [-0.2, 0) is 6.42 Å². The zero-order chi connectivity index (χ0) is 13.7. The molecule has 2 rings (SSSR count). The van der Waals surface area contributed by atoms with Crippen molar-refractivity contribution in [1.82, 2.24) is 5.32 Å². The Morgan fingerprint density at radius 1 is 1.21 bits per heavy atom.